The number of hydrogen-bond acceptors (Lipinski definition) is 6. The Labute approximate surface area is 275 Å². The van der Waals surface area contributed by atoms with Gasteiger partial charge in [-0.25, -0.2) is 0 Å². The van der Waals surface area contributed by atoms with Gasteiger partial charge in [0.25, 0.3) is 0 Å². The van der Waals surface area contributed by atoms with Crippen LogP contribution in [0.25, 0.3) is 0 Å². The molecule has 0 radical (unpaired) electrons. The number of unbranched alkanes of at least 4 members (excludes halogenated alkanes) is 2. The smallest absolute Gasteiger partial charge is 0.430 e. The molecule has 0 aromatic heterocycles. The van der Waals surface area contributed by atoms with E-state index in [9.17, 15) is 31.1 Å². The van der Waals surface area contributed by atoms with Crippen molar-refractivity contribution in [2.75, 3.05) is 19.8 Å². The van der Waals surface area contributed by atoms with Crippen LogP contribution in [0.5, 0.6) is 0 Å². The van der Waals surface area contributed by atoms with Crippen LogP contribution in [0.2, 0.25) is 0 Å². The third-order valence-electron chi connectivity index (χ3n) is 6.86. The summed E-state index contributed by atoms with van der Waals surface area (Å²) in [6, 6.07) is 32.9. The molecular weight excluding hydrogens is 663 g/mol. The number of benzene rings is 3. The van der Waals surface area contributed by atoms with Gasteiger partial charge in [0.15, 0.2) is 5.96 Å². The van der Waals surface area contributed by atoms with Gasteiger partial charge in [0, 0.05) is 26.4 Å². The normalized spacial score (nSPS) is 11.2. The summed E-state index contributed by atoms with van der Waals surface area (Å²) in [4.78, 5) is 31.6. The Kier molecular flexibility index (Phi) is 17.4. The average Bonchev–Trinajstić information content (AvgIpc) is 3.03. The Morgan fingerprint density at radius 3 is 1.31 bits per heavy atom. The van der Waals surface area contributed by atoms with Crippen LogP contribution in [-0.4, -0.2) is 60.7 Å². The van der Waals surface area contributed by atoms with Crippen LogP contribution >= 0.6 is 7.26 Å². The second-order valence-corrected chi connectivity index (χ2v) is 14.0. The number of carboxylic acids is 2. The standard InChI is InChI=1S/C29H37N3OP.2C2HF3O2/c1-32(29(30)31)23-14-16-25(33)15-6-5-13-24-34(26-17-7-2-8-18-26,27-19-9-3-10-20-27)28-21-11-4-12-22-28;2*3-2(4,5)1(6)7/h2-4,7-12,17-22H,5-6,13-16,23-24H2,1H3,(H3,30,31);2*(H,6,7)/q+1;;/p-2. The monoisotopic (exact) mass is 700 g/mol. The number of aliphatic carboxylic acids is 2. The minimum atomic E-state index is -5.19. The van der Waals surface area contributed by atoms with E-state index < -0.39 is 31.6 Å². The summed E-state index contributed by atoms with van der Waals surface area (Å²) in [5, 5.41) is 29.2. The van der Waals surface area contributed by atoms with E-state index >= 15 is 0 Å². The van der Waals surface area contributed by atoms with E-state index in [1.807, 2.05) is 0 Å². The molecule has 0 saturated carbocycles. The van der Waals surface area contributed by atoms with Gasteiger partial charge in [-0.3, -0.25) is 10.2 Å². The fourth-order valence-corrected chi connectivity index (χ4v) is 8.90. The van der Waals surface area contributed by atoms with Gasteiger partial charge in [0.1, 0.15) is 40.9 Å². The predicted molar refractivity (Wildman–Crippen MR) is 169 cm³/mol. The fraction of sp³-hybridized carbons (Fsp3) is 0.333. The molecule has 3 N–H and O–H groups in total. The van der Waals surface area contributed by atoms with Crippen LogP contribution < -0.4 is 31.9 Å². The second kappa shape index (κ2) is 20.0. The Balaban J connectivity index is 0.000000687. The van der Waals surface area contributed by atoms with E-state index in [1.165, 1.54) is 15.9 Å². The molecule has 0 aliphatic heterocycles. The van der Waals surface area contributed by atoms with Crippen molar-refractivity contribution in [1.82, 2.24) is 4.90 Å². The number of alkyl halides is 6. The fourth-order valence-electron chi connectivity index (χ4n) is 4.49. The Morgan fingerprint density at radius 1 is 0.667 bits per heavy atom. The number of carbonyl (C=O) groups excluding carboxylic acids is 3. The lowest BCUT2D eigenvalue weighted by molar-refractivity contribution is -0.344. The summed E-state index contributed by atoms with van der Waals surface area (Å²) < 4.78 is 63.1. The molecule has 0 fully saturated rings. The number of halogens is 6. The minimum absolute atomic E-state index is 0.0505. The van der Waals surface area contributed by atoms with Gasteiger partial charge in [-0.2, -0.15) is 26.3 Å². The van der Waals surface area contributed by atoms with Crippen molar-refractivity contribution in [2.45, 2.75) is 50.9 Å². The maximum absolute atomic E-state index is 12.3. The summed E-state index contributed by atoms with van der Waals surface area (Å²) in [6.07, 6.45) is -4.27. The first-order valence-corrected chi connectivity index (χ1v) is 16.6. The average molecular weight is 701 g/mol. The van der Waals surface area contributed by atoms with Crippen molar-refractivity contribution in [1.29, 1.82) is 5.41 Å². The molecule has 0 saturated heterocycles. The van der Waals surface area contributed by atoms with Crippen LogP contribution in [0.4, 0.5) is 26.3 Å². The Hall–Kier alpha value is -4.45. The molecule has 8 nitrogen and oxygen atoms in total. The van der Waals surface area contributed by atoms with Crippen molar-refractivity contribution in [2.24, 2.45) is 5.73 Å². The van der Waals surface area contributed by atoms with E-state index in [4.69, 9.17) is 30.9 Å². The maximum Gasteiger partial charge on any atom is 0.430 e. The molecular formula is C33H37F6N3O5P-. The van der Waals surface area contributed by atoms with Gasteiger partial charge in [-0.1, -0.05) is 54.6 Å². The molecule has 0 aliphatic carbocycles. The van der Waals surface area contributed by atoms with Gasteiger partial charge in [0.2, 0.25) is 0 Å². The second-order valence-electron chi connectivity index (χ2n) is 10.4. The summed E-state index contributed by atoms with van der Waals surface area (Å²) in [6.45, 7) is 0.652. The van der Waals surface area contributed by atoms with Crippen molar-refractivity contribution >= 4 is 46.9 Å². The van der Waals surface area contributed by atoms with Crippen LogP contribution in [-0.2, 0) is 14.4 Å². The zero-order valence-corrected chi connectivity index (χ0v) is 27.0. The van der Waals surface area contributed by atoms with Gasteiger partial charge in [-0.05, 0) is 62.1 Å². The first kappa shape index (κ1) is 41.6. The number of carboxylic acid groups (broad SMARTS) is 2. The summed E-state index contributed by atoms with van der Waals surface area (Å²) >= 11 is 0. The molecule has 48 heavy (non-hydrogen) atoms. The summed E-state index contributed by atoms with van der Waals surface area (Å²) in [7, 11) is 0.00843. The number of hydrogen-bond donors (Lipinski definition) is 2. The number of rotatable bonds is 13. The maximum atomic E-state index is 12.3. The number of carbonyl (C=O) groups is 3. The molecule has 0 atom stereocenters. The van der Waals surface area contributed by atoms with Gasteiger partial charge in [-0.15, -0.1) is 0 Å². The highest BCUT2D eigenvalue weighted by molar-refractivity contribution is 7.95. The van der Waals surface area contributed by atoms with Crippen molar-refractivity contribution in [3.63, 3.8) is 0 Å². The van der Waals surface area contributed by atoms with Crippen LogP contribution in [0.3, 0.4) is 0 Å². The number of ketones is 1. The van der Waals surface area contributed by atoms with Crippen molar-refractivity contribution in [3.05, 3.63) is 91.0 Å². The molecule has 15 heteroatoms. The zero-order valence-electron chi connectivity index (χ0n) is 26.1. The highest BCUT2D eigenvalue weighted by Gasteiger charge is 2.44. The first-order chi connectivity index (χ1) is 22.4. The number of nitrogens with two attached hydrogens (primary N) is 1. The largest absolute Gasteiger partial charge is 0.542 e. The predicted octanol–water partition coefficient (Wildman–Crippen LogP) is 3.31. The lowest BCUT2D eigenvalue weighted by Gasteiger charge is -2.27. The van der Waals surface area contributed by atoms with E-state index in [0.29, 0.717) is 25.2 Å². The molecule has 0 unspecified atom stereocenters. The van der Waals surface area contributed by atoms with E-state index in [2.05, 4.69) is 91.0 Å². The zero-order chi connectivity index (χ0) is 36.4. The molecule has 3 aromatic carbocycles. The van der Waals surface area contributed by atoms with E-state index in [-0.39, 0.29) is 5.96 Å². The van der Waals surface area contributed by atoms with Crippen molar-refractivity contribution < 1.29 is 50.9 Å². The number of nitrogens with one attached hydrogen (secondary N) is 1. The van der Waals surface area contributed by atoms with E-state index in [1.54, 1.807) is 11.9 Å². The molecule has 3 rings (SSSR count). The molecule has 0 aliphatic rings. The number of Topliss-reactive ketones (excluding diaryl/α,β-unsaturated/α-hetero) is 1. The molecule has 262 valence electrons. The molecule has 0 bridgehead atoms. The molecule has 0 spiro atoms. The Bertz CT molecular complexity index is 1310. The molecule has 0 heterocycles. The van der Waals surface area contributed by atoms with Crippen LogP contribution in [0, 0.1) is 5.41 Å². The topological polar surface area (TPSA) is 150 Å². The van der Waals surface area contributed by atoms with E-state index in [0.717, 1.165) is 31.8 Å². The lowest BCUT2D eigenvalue weighted by Crippen LogP contribution is -2.37. The highest BCUT2D eigenvalue weighted by Crippen LogP contribution is 2.56. The van der Waals surface area contributed by atoms with Gasteiger partial charge < -0.3 is 30.4 Å². The van der Waals surface area contributed by atoms with Crippen LogP contribution in [0.15, 0.2) is 91.0 Å². The van der Waals surface area contributed by atoms with Gasteiger partial charge in [0.05, 0.1) is 6.16 Å². The first-order valence-electron chi connectivity index (χ1n) is 14.6. The Morgan fingerprint density at radius 2 is 1.00 bits per heavy atom. The molecule has 3 aromatic rings. The van der Waals surface area contributed by atoms with Gasteiger partial charge >= 0.3 is 12.4 Å². The highest BCUT2D eigenvalue weighted by atomic mass is 31.2. The number of nitrogens with zero attached hydrogens (tertiary/aromatic N) is 1. The molecule has 0 amide bonds. The van der Waals surface area contributed by atoms with Crippen LogP contribution in [0.1, 0.15) is 38.5 Å². The minimum Gasteiger partial charge on any atom is -0.542 e. The summed E-state index contributed by atoms with van der Waals surface area (Å²) in [5.74, 6) is -5.65. The lowest BCUT2D eigenvalue weighted by atomic mass is 10.1. The third-order valence-corrected chi connectivity index (χ3v) is 11.4. The number of guanidine groups is 1. The third kappa shape index (κ3) is 14.5. The summed E-state index contributed by atoms with van der Waals surface area (Å²) in [5.41, 5.74) is 5.45. The van der Waals surface area contributed by atoms with Crippen molar-refractivity contribution in [3.8, 4) is 0 Å². The SMILES string of the molecule is CN(CCCC(=O)CCCCC[P+](c1ccccc1)(c1ccccc1)c1ccccc1)C(=N)N.O=C([O-])C(F)(F)F.O=C([O-])C(F)(F)F. The quantitative estimate of drug-likeness (QED) is 0.0914.